The predicted molar refractivity (Wildman–Crippen MR) is 180 cm³/mol. The van der Waals surface area contributed by atoms with Crippen LogP contribution in [0.1, 0.15) is 141 Å². The molecule has 5 saturated carbocycles. The summed E-state index contributed by atoms with van der Waals surface area (Å²) in [4.78, 5) is 0. The van der Waals surface area contributed by atoms with Crippen molar-refractivity contribution in [3.8, 4) is 11.1 Å². The molecule has 2 aromatic rings. The second-order valence-corrected chi connectivity index (χ2v) is 18.6. The Morgan fingerprint density at radius 3 is 1.84 bits per heavy atom. The SMILES string of the molecule is CC(C)(C)c1[c-]c2c(cc1)-c1ccc(C(C)(C)C)cc1C2.[C-]1=CC(C23CC4CC(CC(C4)C2)C3)=CC1.[Cl-].[Cl-].[Zr+2]=[C]1CCCCC1. The van der Waals surface area contributed by atoms with Crippen molar-refractivity contribution in [1.82, 2.24) is 0 Å². The van der Waals surface area contributed by atoms with Gasteiger partial charge in [-0.1, -0.05) is 90.0 Å². The van der Waals surface area contributed by atoms with E-state index in [-0.39, 0.29) is 35.6 Å². The molecule has 242 valence electrons. The number of hydrogen-bond acceptors (Lipinski definition) is 0. The standard InChI is InChI=1S/C21H25.C15H19.C6H10.2ClH.Zr/c1-20(2,3)16-7-9-18-14(12-16)11-15-13-17(21(4,5)6)8-10-19(15)18;1-2-4-14(3-1)15-8-11-5-12(9-15)7-13(6-11)10-15;1-2-4-6-5-3-1;;;/h7-10,12H,11H2,1-6H3;3-4,11-13H,1,5-10H2;1-5H2;2*1H;/q2*-1;;;;+2/p-2. The van der Waals surface area contributed by atoms with E-state index in [0.717, 1.165) is 30.6 Å². The number of benzene rings is 2. The molecular weight excluding hydrogens is 667 g/mol. The maximum atomic E-state index is 3.67. The molecule has 5 fully saturated rings. The molecule has 0 spiro atoms. The Morgan fingerprint density at radius 1 is 0.756 bits per heavy atom. The van der Waals surface area contributed by atoms with E-state index < -0.39 is 0 Å². The monoisotopic (exact) mass is 718 g/mol. The number of allylic oxidation sites excluding steroid dienone is 4. The summed E-state index contributed by atoms with van der Waals surface area (Å²) in [7, 11) is 0. The number of halogens is 2. The first-order valence-corrected chi connectivity index (χ1v) is 18.7. The van der Waals surface area contributed by atoms with Crippen LogP contribution in [0.2, 0.25) is 0 Å². The van der Waals surface area contributed by atoms with E-state index >= 15 is 0 Å². The summed E-state index contributed by atoms with van der Waals surface area (Å²) in [5.41, 5.74) is 11.0. The second kappa shape index (κ2) is 14.8. The Hall–Kier alpha value is -0.747. The van der Waals surface area contributed by atoms with Crippen LogP contribution in [0.4, 0.5) is 0 Å². The Labute approximate surface area is 302 Å². The van der Waals surface area contributed by atoms with Crippen molar-refractivity contribution in [2.45, 2.75) is 136 Å². The molecule has 0 atom stereocenters. The molecule has 0 radical (unpaired) electrons. The van der Waals surface area contributed by atoms with Crippen LogP contribution in [-0.4, -0.2) is 3.21 Å². The normalized spacial score (nSPS) is 27.2. The Bertz CT molecular complexity index is 1310. The summed E-state index contributed by atoms with van der Waals surface area (Å²) >= 11 is 1.69. The van der Waals surface area contributed by atoms with Crippen LogP contribution in [0, 0.1) is 35.3 Å². The molecule has 0 aromatic heterocycles. The third kappa shape index (κ3) is 8.46. The molecule has 0 heterocycles. The van der Waals surface area contributed by atoms with Gasteiger partial charge in [0.05, 0.1) is 0 Å². The van der Waals surface area contributed by atoms with Crippen LogP contribution in [-0.2, 0) is 41.5 Å². The van der Waals surface area contributed by atoms with Gasteiger partial charge in [0.15, 0.2) is 0 Å². The molecule has 0 N–H and O–H groups in total. The van der Waals surface area contributed by atoms with Crippen molar-refractivity contribution in [2.75, 3.05) is 0 Å². The average molecular weight is 721 g/mol. The van der Waals surface area contributed by atoms with E-state index in [1.165, 1.54) is 84.7 Å². The molecule has 45 heavy (non-hydrogen) atoms. The van der Waals surface area contributed by atoms with Gasteiger partial charge in [0.25, 0.3) is 0 Å². The van der Waals surface area contributed by atoms with E-state index in [0.29, 0.717) is 5.41 Å². The van der Waals surface area contributed by atoms with Gasteiger partial charge < -0.3 is 24.8 Å². The first kappa shape index (κ1) is 37.1. The van der Waals surface area contributed by atoms with Crippen molar-refractivity contribution in [1.29, 1.82) is 0 Å². The molecule has 0 aliphatic heterocycles. The summed E-state index contributed by atoms with van der Waals surface area (Å²) in [5, 5.41) is 0. The van der Waals surface area contributed by atoms with Gasteiger partial charge >= 0.3 is 59.5 Å². The van der Waals surface area contributed by atoms with E-state index in [4.69, 9.17) is 0 Å². The van der Waals surface area contributed by atoms with Crippen LogP contribution in [0.15, 0.2) is 48.1 Å². The van der Waals surface area contributed by atoms with Gasteiger partial charge in [-0.25, -0.2) is 6.08 Å². The van der Waals surface area contributed by atoms with Gasteiger partial charge in [-0.15, -0.1) is 17.5 Å². The minimum atomic E-state index is 0. The van der Waals surface area contributed by atoms with E-state index in [2.05, 4.69) is 96.2 Å². The van der Waals surface area contributed by atoms with Crippen LogP contribution >= 0.6 is 0 Å². The Balaban J connectivity index is 0.000000167. The number of hydrogen-bond donors (Lipinski definition) is 0. The molecule has 0 amide bonds. The summed E-state index contributed by atoms with van der Waals surface area (Å²) in [6, 6.07) is 15.2. The number of rotatable bonds is 1. The van der Waals surface area contributed by atoms with Gasteiger partial charge in [0.2, 0.25) is 0 Å². The number of fused-ring (bicyclic) bond motifs is 3. The van der Waals surface area contributed by atoms with Gasteiger partial charge in [-0.2, -0.15) is 35.4 Å². The van der Waals surface area contributed by atoms with Crippen molar-refractivity contribution >= 4 is 3.21 Å². The van der Waals surface area contributed by atoms with Gasteiger partial charge in [-0.05, 0) is 65.4 Å². The maximum absolute atomic E-state index is 3.67. The van der Waals surface area contributed by atoms with Gasteiger partial charge in [0, 0.05) is 0 Å². The zero-order chi connectivity index (χ0) is 30.4. The summed E-state index contributed by atoms with van der Waals surface area (Å²) in [6.07, 6.45) is 26.7. The summed E-state index contributed by atoms with van der Waals surface area (Å²) in [5.74, 6) is 3.23. The fourth-order valence-corrected chi connectivity index (χ4v) is 10.1. The first-order chi connectivity index (χ1) is 20.4. The van der Waals surface area contributed by atoms with E-state index in [9.17, 15) is 0 Å². The molecule has 2 aromatic carbocycles. The van der Waals surface area contributed by atoms with Crippen molar-refractivity contribution in [2.24, 2.45) is 23.2 Å². The fraction of sp³-hybridized carbons (Fsp3) is 0.595. The zero-order valence-electron chi connectivity index (χ0n) is 28.7. The second-order valence-electron chi connectivity index (χ2n) is 16.9. The summed E-state index contributed by atoms with van der Waals surface area (Å²) < 4.78 is 1.80. The van der Waals surface area contributed by atoms with E-state index in [1.54, 1.807) is 52.3 Å². The molecule has 4 bridgehead atoms. The molecule has 0 unspecified atom stereocenters. The Kier molecular flexibility index (Phi) is 12.2. The van der Waals surface area contributed by atoms with Crippen molar-refractivity contribution in [3.05, 3.63) is 82.5 Å². The third-order valence-electron chi connectivity index (χ3n) is 11.3. The quantitative estimate of drug-likeness (QED) is 0.303. The predicted octanol–water partition coefficient (Wildman–Crippen LogP) is 5.22. The molecule has 3 heteroatoms. The topological polar surface area (TPSA) is 0 Å². The van der Waals surface area contributed by atoms with E-state index in [1.807, 2.05) is 0 Å². The average Bonchev–Trinajstić information content (AvgIpc) is 3.61. The van der Waals surface area contributed by atoms with Crippen LogP contribution in [0.3, 0.4) is 0 Å². The summed E-state index contributed by atoms with van der Waals surface area (Å²) in [6.45, 7) is 13.6. The van der Waals surface area contributed by atoms with Crippen molar-refractivity contribution < 1.29 is 49.0 Å². The minimum absolute atomic E-state index is 0. The molecular formula is C42H54Cl2Zr-2. The third-order valence-corrected chi connectivity index (χ3v) is 12.5. The molecule has 9 rings (SSSR count). The van der Waals surface area contributed by atoms with Crippen molar-refractivity contribution in [3.63, 3.8) is 0 Å². The van der Waals surface area contributed by atoms with Crippen LogP contribution in [0.25, 0.3) is 11.1 Å². The van der Waals surface area contributed by atoms with Crippen LogP contribution < -0.4 is 24.8 Å². The van der Waals surface area contributed by atoms with Gasteiger partial charge in [-0.3, -0.25) is 6.08 Å². The molecule has 0 saturated heterocycles. The molecule has 7 aliphatic carbocycles. The fourth-order valence-electron chi connectivity index (χ4n) is 9.24. The first-order valence-electron chi connectivity index (χ1n) is 17.4. The molecule has 0 nitrogen and oxygen atoms in total. The van der Waals surface area contributed by atoms with Gasteiger partial charge in [0.1, 0.15) is 0 Å². The zero-order valence-corrected chi connectivity index (χ0v) is 32.7. The molecule has 7 aliphatic rings. The Morgan fingerprint density at radius 2 is 1.36 bits per heavy atom. The van der Waals surface area contributed by atoms with Crippen LogP contribution in [0.5, 0.6) is 0 Å².